The van der Waals surface area contributed by atoms with Gasteiger partial charge in [0.2, 0.25) is 11.8 Å². The number of anilines is 2. The van der Waals surface area contributed by atoms with Crippen LogP contribution in [0.4, 0.5) is 15.8 Å². The van der Waals surface area contributed by atoms with Gasteiger partial charge in [0.1, 0.15) is 5.82 Å². The smallest absolute Gasteiger partial charge is 0.258 e. The molecule has 3 amide bonds. The van der Waals surface area contributed by atoms with Gasteiger partial charge in [0.15, 0.2) is 0 Å². The highest BCUT2D eigenvalue weighted by atomic mass is 32.1. The molecule has 1 fully saturated rings. The summed E-state index contributed by atoms with van der Waals surface area (Å²) in [5, 5.41) is 3.96. The molecular formula is C22H19FN4O3S. The van der Waals surface area contributed by atoms with Crippen LogP contribution in [0, 0.1) is 12.7 Å². The molecule has 7 nitrogen and oxygen atoms in total. The summed E-state index contributed by atoms with van der Waals surface area (Å²) in [5.41, 5.74) is 4.66. The van der Waals surface area contributed by atoms with Crippen molar-refractivity contribution in [1.82, 2.24) is 10.4 Å². The Balaban J connectivity index is 1.60. The molecule has 9 heteroatoms. The van der Waals surface area contributed by atoms with Crippen LogP contribution >= 0.6 is 11.3 Å². The van der Waals surface area contributed by atoms with Crippen LogP contribution in [0.5, 0.6) is 0 Å². The molecule has 1 N–H and O–H groups in total. The van der Waals surface area contributed by atoms with Gasteiger partial charge in [0, 0.05) is 29.5 Å². The highest BCUT2D eigenvalue weighted by Crippen LogP contribution is 2.23. The molecule has 31 heavy (non-hydrogen) atoms. The summed E-state index contributed by atoms with van der Waals surface area (Å²) >= 11 is 1.49. The van der Waals surface area contributed by atoms with Crippen molar-refractivity contribution in [1.29, 1.82) is 0 Å². The first-order chi connectivity index (χ1) is 14.9. The third-order valence-corrected chi connectivity index (χ3v) is 5.62. The molecule has 2 heterocycles. The average Bonchev–Trinajstić information content (AvgIpc) is 3.19. The van der Waals surface area contributed by atoms with Crippen molar-refractivity contribution in [2.75, 3.05) is 9.91 Å². The van der Waals surface area contributed by atoms with Crippen LogP contribution in [0.2, 0.25) is 0 Å². The molecule has 1 saturated heterocycles. The van der Waals surface area contributed by atoms with Crippen LogP contribution in [0.3, 0.4) is 0 Å². The van der Waals surface area contributed by atoms with Gasteiger partial charge in [-0.15, -0.1) is 11.3 Å². The Hall–Kier alpha value is -3.59. The van der Waals surface area contributed by atoms with E-state index in [0.717, 1.165) is 10.7 Å². The van der Waals surface area contributed by atoms with E-state index in [1.807, 2.05) is 12.3 Å². The molecular weight excluding hydrogens is 419 g/mol. The number of aromatic nitrogens is 1. The van der Waals surface area contributed by atoms with E-state index in [2.05, 4.69) is 10.4 Å². The maximum atomic E-state index is 13.4. The molecule has 1 aliphatic heterocycles. The van der Waals surface area contributed by atoms with E-state index in [1.54, 1.807) is 36.4 Å². The SMILES string of the molecule is Cc1nc(CN(C(=O)c2ccc(N3NC(=O)CCC3=O)cc2)c2ccc(F)cc2)cs1. The number of hydrazine groups is 1. The fraction of sp³-hybridized carbons (Fsp3) is 0.182. The lowest BCUT2D eigenvalue weighted by atomic mass is 10.1. The molecule has 1 aliphatic rings. The van der Waals surface area contributed by atoms with Crippen LogP contribution in [0.1, 0.15) is 33.9 Å². The van der Waals surface area contributed by atoms with Crippen molar-refractivity contribution >= 4 is 40.4 Å². The largest absolute Gasteiger partial charge is 0.302 e. The highest BCUT2D eigenvalue weighted by Gasteiger charge is 2.25. The van der Waals surface area contributed by atoms with E-state index in [-0.39, 0.29) is 37.1 Å². The maximum Gasteiger partial charge on any atom is 0.258 e. The molecule has 4 rings (SSSR count). The van der Waals surface area contributed by atoms with E-state index >= 15 is 0 Å². The zero-order valence-electron chi connectivity index (χ0n) is 16.7. The van der Waals surface area contributed by atoms with Crippen molar-refractivity contribution in [3.05, 3.63) is 76.0 Å². The van der Waals surface area contributed by atoms with Gasteiger partial charge in [-0.2, -0.15) is 0 Å². The van der Waals surface area contributed by atoms with Crippen molar-refractivity contribution < 1.29 is 18.8 Å². The Kier molecular flexibility index (Phi) is 5.77. The van der Waals surface area contributed by atoms with Crippen molar-refractivity contribution in [3.63, 3.8) is 0 Å². The van der Waals surface area contributed by atoms with Crippen LogP contribution in [0.25, 0.3) is 0 Å². The van der Waals surface area contributed by atoms with E-state index in [4.69, 9.17) is 0 Å². The zero-order chi connectivity index (χ0) is 22.0. The second-order valence-corrected chi connectivity index (χ2v) is 8.10. The molecule has 0 bridgehead atoms. The lowest BCUT2D eigenvalue weighted by Gasteiger charge is -2.27. The molecule has 0 aliphatic carbocycles. The topological polar surface area (TPSA) is 82.6 Å². The van der Waals surface area contributed by atoms with Crippen LogP contribution in [-0.2, 0) is 16.1 Å². The summed E-state index contributed by atoms with van der Waals surface area (Å²) in [6.45, 7) is 2.12. The maximum absolute atomic E-state index is 13.4. The van der Waals surface area contributed by atoms with Crippen LogP contribution in [0.15, 0.2) is 53.9 Å². The third-order valence-electron chi connectivity index (χ3n) is 4.79. The molecule has 0 radical (unpaired) electrons. The van der Waals surface area contributed by atoms with E-state index in [1.165, 1.54) is 33.4 Å². The molecule has 0 unspecified atom stereocenters. The Morgan fingerprint density at radius 3 is 2.48 bits per heavy atom. The van der Waals surface area contributed by atoms with Gasteiger partial charge in [-0.3, -0.25) is 19.8 Å². The Labute approximate surface area is 182 Å². The second kappa shape index (κ2) is 8.65. The minimum absolute atomic E-state index is 0.137. The van der Waals surface area contributed by atoms with Gasteiger partial charge in [0.05, 0.1) is 22.9 Å². The van der Waals surface area contributed by atoms with Gasteiger partial charge < -0.3 is 4.90 Å². The summed E-state index contributed by atoms with van der Waals surface area (Å²) in [7, 11) is 0. The van der Waals surface area contributed by atoms with E-state index in [0.29, 0.717) is 16.9 Å². The number of nitrogens with zero attached hydrogens (tertiary/aromatic N) is 3. The fourth-order valence-corrected chi connectivity index (χ4v) is 3.84. The third kappa shape index (κ3) is 4.61. The van der Waals surface area contributed by atoms with E-state index < -0.39 is 5.82 Å². The van der Waals surface area contributed by atoms with Gasteiger partial charge in [0.25, 0.3) is 5.91 Å². The number of halogens is 1. The molecule has 3 aromatic rings. The number of thiazole rings is 1. The lowest BCUT2D eigenvalue weighted by Crippen LogP contribution is -2.50. The number of amides is 3. The molecule has 158 valence electrons. The quantitative estimate of drug-likeness (QED) is 0.660. The van der Waals surface area contributed by atoms with Gasteiger partial charge >= 0.3 is 0 Å². The molecule has 2 aromatic carbocycles. The number of hydrogen-bond donors (Lipinski definition) is 1. The average molecular weight is 438 g/mol. The van der Waals surface area contributed by atoms with Gasteiger partial charge in [-0.1, -0.05) is 0 Å². The first-order valence-electron chi connectivity index (χ1n) is 9.61. The van der Waals surface area contributed by atoms with Gasteiger partial charge in [-0.25, -0.2) is 14.4 Å². The summed E-state index contributed by atoms with van der Waals surface area (Å²) in [6.07, 6.45) is 0.298. The Morgan fingerprint density at radius 2 is 1.84 bits per heavy atom. The number of carbonyl (C=O) groups excluding carboxylic acids is 3. The summed E-state index contributed by atoms with van der Waals surface area (Å²) in [4.78, 5) is 43.0. The van der Waals surface area contributed by atoms with Crippen LogP contribution in [-0.4, -0.2) is 22.7 Å². The fourth-order valence-electron chi connectivity index (χ4n) is 3.24. The monoisotopic (exact) mass is 438 g/mol. The van der Waals surface area contributed by atoms with Crippen molar-refractivity contribution in [2.45, 2.75) is 26.3 Å². The molecule has 1 aromatic heterocycles. The normalized spacial score (nSPS) is 13.8. The Morgan fingerprint density at radius 1 is 1.13 bits per heavy atom. The minimum atomic E-state index is -0.391. The minimum Gasteiger partial charge on any atom is -0.302 e. The van der Waals surface area contributed by atoms with Crippen LogP contribution < -0.4 is 15.3 Å². The van der Waals surface area contributed by atoms with Crippen molar-refractivity contribution in [2.24, 2.45) is 0 Å². The van der Waals surface area contributed by atoms with Gasteiger partial charge in [-0.05, 0) is 55.5 Å². The molecule has 0 atom stereocenters. The lowest BCUT2D eigenvalue weighted by molar-refractivity contribution is -0.130. The summed E-state index contributed by atoms with van der Waals surface area (Å²) < 4.78 is 13.4. The summed E-state index contributed by atoms with van der Waals surface area (Å²) in [5.74, 6) is -1.14. The predicted molar refractivity (Wildman–Crippen MR) is 115 cm³/mol. The number of carbonyl (C=O) groups is 3. The number of rotatable bonds is 5. The molecule has 0 saturated carbocycles. The Bertz CT molecular complexity index is 1130. The predicted octanol–water partition coefficient (Wildman–Crippen LogP) is 3.60. The second-order valence-electron chi connectivity index (χ2n) is 7.04. The van der Waals surface area contributed by atoms with Crippen molar-refractivity contribution in [3.8, 4) is 0 Å². The number of nitrogens with one attached hydrogen (secondary N) is 1. The zero-order valence-corrected chi connectivity index (χ0v) is 17.5. The number of aryl methyl sites for hydroxylation is 1. The first-order valence-corrected chi connectivity index (χ1v) is 10.5. The highest BCUT2D eigenvalue weighted by molar-refractivity contribution is 7.09. The standard InChI is InChI=1S/C22H19FN4O3S/c1-14-24-17(13-31-14)12-26(18-8-4-16(23)5-9-18)22(30)15-2-6-19(7-3-15)27-21(29)11-10-20(28)25-27/h2-9,13H,10-12H2,1H3,(H,25,28). The molecule has 0 spiro atoms. The summed E-state index contributed by atoms with van der Waals surface area (Å²) in [6, 6.07) is 12.1. The first kappa shape index (κ1) is 20.7. The van der Waals surface area contributed by atoms with E-state index in [9.17, 15) is 18.8 Å². The number of benzene rings is 2. The number of hydrogen-bond acceptors (Lipinski definition) is 5.